The van der Waals surface area contributed by atoms with Crippen molar-refractivity contribution in [1.82, 2.24) is 0 Å². The molecule has 2 atom stereocenters. The van der Waals surface area contributed by atoms with E-state index in [2.05, 4.69) is 39.8 Å². The normalized spacial score (nSPS) is 26.9. The van der Waals surface area contributed by atoms with Crippen LogP contribution in [0.15, 0.2) is 23.3 Å². The van der Waals surface area contributed by atoms with Gasteiger partial charge in [-0.1, -0.05) is 43.6 Å². The highest BCUT2D eigenvalue weighted by molar-refractivity contribution is 5.20. The van der Waals surface area contributed by atoms with Crippen LogP contribution in [0.5, 0.6) is 0 Å². The molecule has 1 saturated carbocycles. The van der Waals surface area contributed by atoms with Gasteiger partial charge >= 0.3 is 0 Å². The van der Waals surface area contributed by atoms with E-state index >= 15 is 0 Å². The zero-order chi connectivity index (χ0) is 11.3. The summed E-state index contributed by atoms with van der Waals surface area (Å²) >= 11 is 0. The molecule has 0 nitrogen and oxygen atoms in total. The van der Waals surface area contributed by atoms with Crippen LogP contribution in [0.4, 0.5) is 0 Å². The highest BCUT2D eigenvalue weighted by atomic mass is 14.4. The van der Waals surface area contributed by atoms with Gasteiger partial charge in [0.1, 0.15) is 0 Å². The van der Waals surface area contributed by atoms with Crippen LogP contribution >= 0.6 is 0 Å². The predicted octanol–water partition coefficient (Wildman–Crippen LogP) is 5.12. The molecule has 0 aromatic heterocycles. The maximum Gasteiger partial charge on any atom is -0.0317 e. The molecule has 0 N–H and O–H groups in total. The van der Waals surface area contributed by atoms with Gasteiger partial charge in [0.2, 0.25) is 0 Å². The summed E-state index contributed by atoms with van der Waals surface area (Å²) in [5.74, 6) is 2.04. The fourth-order valence-corrected chi connectivity index (χ4v) is 2.11. The van der Waals surface area contributed by atoms with Crippen molar-refractivity contribution in [2.45, 2.75) is 59.8 Å². The molecule has 0 spiro atoms. The predicted molar refractivity (Wildman–Crippen MR) is 68.9 cm³/mol. The number of hydrogen-bond donors (Lipinski definition) is 0. The Morgan fingerprint density at radius 1 is 1.33 bits per heavy atom. The average molecular weight is 206 g/mol. The highest BCUT2D eigenvalue weighted by Gasteiger charge is 2.31. The first-order valence-corrected chi connectivity index (χ1v) is 6.47. The minimum absolute atomic E-state index is 1.01. The molecule has 1 fully saturated rings. The van der Waals surface area contributed by atoms with Crippen LogP contribution < -0.4 is 0 Å². The molecule has 1 aliphatic rings. The molecule has 86 valence electrons. The zero-order valence-corrected chi connectivity index (χ0v) is 10.8. The van der Waals surface area contributed by atoms with Gasteiger partial charge < -0.3 is 0 Å². The van der Waals surface area contributed by atoms with Crippen molar-refractivity contribution in [1.29, 1.82) is 0 Å². The van der Waals surface area contributed by atoms with E-state index in [1.165, 1.54) is 37.7 Å². The lowest BCUT2D eigenvalue weighted by atomic mass is 10.1. The molecule has 0 aromatic rings. The van der Waals surface area contributed by atoms with Crippen LogP contribution in [-0.2, 0) is 0 Å². The van der Waals surface area contributed by atoms with Gasteiger partial charge in [0.25, 0.3) is 0 Å². The average Bonchev–Trinajstić information content (AvgIpc) is 2.88. The molecule has 0 heterocycles. The topological polar surface area (TPSA) is 0 Å². The van der Waals surface area contributed by atoms with Crippen molar-refractivity contribution in [3.8, 4) is 0 Å². The Morgan fingerprint density at radius 2 is 2.00 bits per heavy atom. The van der Waals surface area contributed by atoms with Crippen LogP contribution in [-0.4, -0.2) is 0 Å². The molecule has 0 saturated heterocycles. The first-order valence-electron chi connectivity index (χ1n) is 6.47. The summed E-state index contributed by atoms with van der Waals surface area (Å²) < 4.78 is 0. The third-order valence-electron chi connectivity index (χ3n) is 3.41. The van der Waals surface area contributed by atoms with E-state index in [0.29, 0.717) is 0 Å². The lowest BCUT2D eigenvalue weighted by molar-refractivity contribution is 0.670. The quantitative estimate of drug-likeness (QED) is 0.529. The van der Waals surface area contributed by atoms with Crippen molar-refractivity contribution in [2.24, 2.45) is 11.8 Å². The molecule has 0 heteroatoms. The van der Waals surface area contributed by atoms with Gasteiger partial charge in [-0.05, 0) is 51.4 Å². The Hall–Kier alpha value is -0.520. The largest absolute Gasteiger partial charge is 0.0816 e. The first kappa shape index (κ1) is 12.5. The molecule has 15 heavy (non-hydrogen) atoms. The summed E-state index contributed by atoms with van der Waals surface area (Å²) in [5, 5.41) is 0. The first-order chi connectivity index (χ1) is 7.13. The van der Waals surface area contributed by atoms with E-state index in [9.17, 15) is 0 Å². The lowest BCUT2D eigenvalue weighted by Crippen LogP contribution is -1.83. The molecular weight excluding hydrogens is 180 g/mol. The van der Waals surface area contributed by atoms with E-state index in [0.717, 1.165) is 11.8 Å². The van der Waals surface area contributed by atoms with E-state index in [4.69, 9.17) is 0 Å². The third kappa shape index (κ3) is 5.20. The Bertz CT molecular complexity index is 245. The van der Waals surface area contributed by atoms with Gasteiger partial charge in [0.15, 0.2) is 0 Å². The SMILES string of the molecule is CCCC=C(C)C=C(C)CCC1CC1C. The van der Waals surface area contributed by atoms with Crippen molar-refractivity contribution >= 4 is 0 Å². The summed E-state index contributed by atoms with van der Waals surface area (Å²) in [7, 11) is 0. The van der Waals surface area contributed by atoms with Gasteiger partial charge in [-0.15, -0.1) is 0 Å². The highest BCUT2D eigenvalue weighted by Crippen LogP contribution is 2.41. The number of allylic oxidation sites excluding steroid dienone is 4. The molecule has 1 rings (SSSR count). The zero-order valence-electron chi connectivity index (χ0n) is 10.8. The van der Waals surface area contributed by atoms with Crippen molar-refractivity contribution < 1.29 is 0 Å². The number of unbranched alkanes of at least 4 members (excludes halogenated alkanes) is 1. The second kappa shape index (κ2) is 6.15. The van der Waals surface area contributed by atoms with Crippen LogP contribution in [0.25, 0.3) is 0 Å². The van der Waals surface area contributed by atoms with E-state index in [1.54, 1.807) is 5.57 Å². The van der Waals surface area contributed by atoms with Crippen LogP contribution in [0, 0.1) is 11.8 Å². The number of hydrogen-bond acceptors (Lipinski definition) is 0. The molecule has 0 bridgehead atoms. The lowest BCUT2D eigenvalue weighted by Gasteiger charge is -2.01. The van der Waals surface area contributed by atoms with Crippen LogP contribution in [0.3, 0.4) is 0 Å². The third-order valence-corrected chi connectivity index (χ3v) is 3.41. The Balaban J connectivity index is 2.25. The van der Waals surface area contributed by atoms with Gasteiger partial charge in [0, 0.05) is 0 Å². The maximum atomic E-state index is 2.37. The fraction of sp³-hybridized carbons (Fsp3) is 0.733. The number of rotatable bonds is 6. The van der Waals surface area contributed by atoms with Crippen LogP contribution in [0.2, 0.25) is 0 Å². The molecule has 2 unspecified atom stereocenters. The van der Waals surface area contributed by atoms with Crippen molar-refractivity contribution in [3.05, 3.63) is 23.3 Å². The Morgan fingerprint density at radius 3 is 2.53 bits per heavy atom. The van der Waals surface area contributed by atoms with Crippen molar-refractivity contribution in [3.63, 3.8) is 0 Å². The summed E-state index contributed by atoms with van der Waals surface area (Å²) in [4.78, 5) is 0. The van der Waals surface area contributed by atoms with Gasteiger partial charge in [0.05, 0.1) is 0 Å². The van der Waals surface area contributed by atoms with E-state index in [1.807, 2.05) is 0 Å². The van der Waals surface area contributed by atoms with Gasteiger partial charge in [-0.3, -0.25) is 0 Å². The van der Waals surface area contributed by atoms with Crippen LogP contribution in [0.1, 0.15) is 59.8 Å². The molecule has 0 radical (unpaired) electrons. The van der Waals surface area contributed by atoms with E-state index < -0.39 is 0 Å². The minimum atomic E-state index is 1.01. The smallest absolute Gasteiger partial charge is 0.0317 e. The summed E-state index contributed by atoms with van der Waals surface area (Å²) in [6.07, 6.45) is 11.4. The van der Waals surface area contributed by atoms with Gasteiger partial charge in [-0.2, -0.15) is 0 Å². The standard InChI is InChI=1S/C15H26/c1-5-6-7-12(2)10-13(3)8-9-15-11-14(15)4/h7,10,14-15H,5-6,8-9,11H2,1-4H3. The molecule has 0 aliphatic heterocycles. The Kier molecular flexibility index (Phi) is 5.14. The van der Waals surface area contributed by atoms with E-state index in [-0.39, 0.29) is 0 Å². The second-order valence-corrected chi connectivity index (χ2v) is 5.24. The maximum absolute atomic E-state index is 2.37. The summed E-state index contributed by atoms with van der Waals surface area (Å²) in [6, 6.07) is 0. The summed E-state index contributed by atoms with van der Waals surface area (Å²) in [6.45, 7) is 9.10. The Labute approximate surface area is 95.5 Å². The van der Waals surface area contributed by atoms with Gasteiger partial charge in [-0.25, -0.2) is 0 Å². The summed E-state index contributed by atoms with van der Waals surface area (Å²) in [5.41, 5.74) is 3.00. The molecule has 0 aromatic carbocycles. The minimum Gasteiger partial charge on any atom is -0.0816 e. The monoisotopic (exact) mass is 206 g/mol. The van der Waals surface area contributed by atoms with Crippen molar-refractivity contribution in [2.75, 3.05) is 0 Å². The fourth-order valence-electron chi connectivity index (χ4n) is 2.11. The second-order valence-electron chi connectivity index (χ2n) is 5.24. The molecular formula is C15H26. The molecule has 1 aliphatic carbocycles. The molecule has 0 amide bonds.